The van der Waals surface area contributed by atoms with Crippen LogP contribution in [0.1, 0.15) is 28.9 Å². The first-order valence-corrected chi connectivity index (χ1v) is 10.1. The van der Waals surface area contributed by atoms with Gasteiger partial charge in [-0.3, -0.25) is 9.48 Å². The molecule has 0 unspecified atom stereocenters. The number of likely N-dealkylation sites (tertiary alicyclic amines) is 1. The zero-order valence-corrected chi connectivity index (χ0v) is 16.7. The minimum Gasteiger partial charge on any atom is -0.337 e. The van der Waals surface area contributed by atoms with Crippen LogP contribution < -0.4 is 0 Å². The lowest BCUT2D eigenvalue weighted by Gasteiger charge is -2.34. The van der Waals surface area contributed by atoms with E-state index in [0.717, 1.165) is 49.9 Å². The molecule has 28 heavy (non-hydrogen) atoms. The average Bonchev–Trinajstić information content (AvgIpc) is 3.04. The van der Waals surface area contributed by atoms with Crippen molar-refractivity contribution in [1.29, 1.82) is 0 Å². The van der Waals surface area contributed by atoms with E-state index >= 15 is 0 Å². The summed E-state index contributed by atoms with van der Waals surface area (Å²) in [5, 5.41) is 5.43. The number of benzene rings is 2. The quantitative estimate of drug-likeness (QED) is 0.684. The Balaban J connectivity index is 1.35. The number of amides is 1. The predicted octanol–water partition coefficient (Wildman–Crippen LogP) is 3.56. The number of hydrogen-bond donors (Lipinski definition) is 0. The summed E-state index contributed by atoms with van der Waals surface area (Å²) >= 11 is 0. The molecule has 1 saturated heterocycles. The van der Waals surface area contributed by atoms with Crippen LogP contribution in [-0.4, -0.2) is 52.2 Å². The van der Waals surface area contributed by atoms with Gasteiger partial charge in [0.25, 0.3) is 5.91 Å². The molecule has 0 atom stereocenters. The fraction of sp³-hybridized carbons (Fsp3) is 0.391. The molecule has 4 rings (SSSR count). The van der Waals surface area contributed by atoms with E-state index in [0.29, 0.717) is 11.6 Å². The molecule has 146 valence electrons. The van der Waals surface area contributed by atoms with Crippen LogP contribution in [0.2, 0.25) is 0 Å². The second-order valence-corrected chi connectivity index (χ2v) is 7.91. The lowest BCUT2D eigenvalue weighted by Crippen LogP contribution is -2.41. The summed E-state index contributed by atoms with van der Waals surface area (Å²) in [5.41, 5.74) is 2.93. The summed E-state index contributed by atoms with van der Waals surface area (Å²) in [6, 6.07) is 18.5. The molecule has 2 aromatic carbocycles. The maximum absolute atomic E-state index is 13.1. The van der Waals surface area contributed by atoms with Gasteiger partial charge in [-0.2, -0.15) is 5.10 Å². The van der Waals surface area contributed by atoms with Crippen molar-refractivity contribution in [3.8, 4) is 0 Å². The first-order chi connectivity index (χ1) is 13.6. The maximum Gasteiger partial charge on any atom is 0.272 e. The molecule has 3 aromatic rings. The Bertz CT molecular complexity index is 942. The van der Waals surface area contributed by atoms with Gasteiger partial charge in [0, 0.05) is 38.6 Å². The Labute approximate surface area is 166 Å². The molecule has 0 radical (unpaired) electrons. The third-order valence-electron chi connectivity index (χ3n) is 5.71. The zero-order chi connectivity index (χ0) is 19.5. The molecule has 2 heterocycles. The molecule has 0 bridgehead atoms. The van der Waals surface area contributed by atoms with Crippen molar-refractivity contribution in [2.45, 2.75) is 19.4 Å². The van der Waals surface area contributed by atoms with E-state index in [9.17, 15) is 4.79 Å². The molecule has 1 fully saturated rings. The standard InChI is InChI=1S/C23H28N4O/c1-25(16-18-8-4-3-5-9-18)17-19-12-14-27(15-13-19)23(28)22-20-10-6-7-11-21(20)24-26(22)2/h3-11,19H,12-17H2,1-2H3. The third-order valence-corrected chi connectivity index (χ3v) is 5.71. The van der Waals surface area contributed by atoms with Crippen LogP contribution >= 0.6 is 0 Å². The average molecular weight is 377 g/mol. The Morgan fingerprint density at radius 2 is 1.75 bits per heavy atom. The van der Waals surface area contributed by atoms with Gasteiger partial charge in [-0.1, -0.05) is 48.5 Å². The number of carbonyl (C=O) groups excluding carboxylic acids is 1. The number of hydrogen-bond acceptors (Lipinski definition) is 3. The van der Waals surface area contributed by atoms with Gasteiger partial charge >= 0.3 is 0 Å². The largest absolute Gasteiger partial charge is 0.337 e. The van der Waals surface area contributed by atoms with Crippen molar-refractivity contribution in [2.24, 2.45) is 13.0 Å². The number of piperidine rings is 1. The Hall–Kier alpha value is -2.66. The summed E-state index contributed by atoms with van der Waals surface area (Å²) in [6.07, 6.45) is 2.11. The van der Waals surface area contributed by atoms with Gasteiger partial charge in [0.2, 0.25) is 0 Å². The molecule has 1 aliphatic heterocycles. The highest BCUT2D eigenvalue weighted by Gasteiger charge is 2.27. The summed E-state index contributed by atoms with van der Waals surface area (Å²) < 4.78 is 1.73. The third kappa shape index (κ3) is 3.94. The van der Waals surface area contributed by atoms with E-state index in [1.807, 2.05) is 36.2 Å². The monoisotopic (exact) mass is 376 g/mol. The summed E-state index contributed by atoms with van der Waals surface area (Å²) in [5.74, 6) is 0.744. The number of rotatable bonds is 5. The van der Waals surface area contributed by atoms with Gasteiger partial charge < -0.3 is 9.80 Å². The molecule has 1 aromatic heterocycles. The molecule has 0 N–H and O–H groups in total. The highest BCUT2D eigenvalue weighted by atomic mass is 16.2. The van der Waals surface area contributed by atoms with E-state index < -0.39 is 0 Å². The van der Waals surface area contributed by atoms with Crippen LogP contribution in [0, 0.1) is 5.92 Å². The minimum absolute atomic E-state index is 0.104. The fourth-order valence-corrected chi connectivity index (χ4v) is 4.27. The molecule has 5 nitrogen and oxygen atoms in total. The van der Waals surface area contributed by atoms with Gasteiger partial charge in [-0.25, -0.2) is 0 Å². The Kier molecular flexibility index (Phi) is 5.44. The van der Waals surface area contributed by atoms with Crippen molar-refractivity contribution in [2.75, 3.05) is 26.7 Å². The van der Waals surface area contributed by atoms with E-state index in [-0.39, 0.29) is 5.91 Å². The SMILES string of the molecule is CN(Cc1ccccc1)CC1CCN(C(=O)c2c3ccccc3nn2C)CC1. The van der Waals surface area contributed by atoms with E-state index in [1.165, 1.54) is 5.56 Å². The van der Waals surface area contributed by atoms with Crippen LogP contribution in [0.15, 0.2) is 54.6 Å². The highest BCUT2D eigenvalue weighted by molar-refractivity contribution is 6.05. The van der Waals surface area contributed by atoms with Crippen molar-refractivity contribution < 1.29 is 4.79 Å². The number of fused-ring (bicyclic) bond motifs is 1. The molecule has 5 heteroatoms. The van der Waals surface area contributed by atoms with E-state index in [2.05, 4.69) is 47.4 Å². The molecule has 0 aliphatic carbocycles. The number of aromatic nitrogens is 2. The highest BCUT2D eigenvalue weighted by Crippen LogP contribution is 2.23. The van der Waals surface area contributed by atoms with Gasteiger partial charge in [0.15, 0.2) is 0 Å². The van der Waals surface area contributed by atoms with E-state index in [1.54, 1.807) is 4.68 Å². The van der Waals surface area contributed by atoms with Gasteiger partial charge in [0.05, 0.1) is 5.52 Å². The first-order valence-electron chi connectivity index (χ1n) is 10.1. The van der Waals surface area contributed by atoms with Gasteiger partial charge in [-0.05, 0) is 37.4 Å². The number of aryl methyl sites for hydroxylation is 1. The minimum atomic E-state index is 0.104. The summed E-state index contributed by atoms with van der Waals surface area (Å²) in [7, 11) is 4.05. The van der Waals surface area contributed by atoms with Crippen LogP contribution in [0.3, 0.4) is 0 Å². The van der Waals surface area contributed by atoms with Crippen LogP contribution in [0.4, 0.5) is 0 Å². The van der Waals surface area contributed by atoms with E-state index in [4.69, 9.17) is 0 Å². The van der Waals surface area contributed by atoms with Crippen LogP contribution in [-0.2, 0) is 13.6 Å². The van der Waals surface area contributed by atoms with Crippen LogP contribution in [0.5, 0.6) is 0 Å². The Morgan fingerprint density at radius 3 is 2.50 bits per heavy atom. The topological polar surface area (TPSA) is 41.4 Å². The molecule has 1 amide bonds. The lowest BCUT2D eigenvalue weighted by molar-refractivity contribution is 0.0663. The Morgan fingerprint density at radius 1 is 1.07 bits per heavy atom. The normalized spacial score (nSPS) is 15.5. The smallest absolute Gasteiger partial charge is 0.272 e. The number of carbonyl (C=O) groups is 1. The van der Waals surface area contributed by atoms with Crippen LogP contribution in [0.25, 0.3) is 10.9 Å². The van der Waals surface area contributed by atoms with Crippen molar-refractivity contribution in [3.05, 3.63) is 65.9 Å². The first kappa shape index (κ1) is 18.7. The molecule has 0 saturated carbocycles. The lowest BCUT2D eigenvalue weighted by atomic mass is 9.95. The maximum atomic E-state index is 13.1. The van der Waals surface area contributed by atoms with Crippen molar-refractivity contribution >= 4 is 16.8 Å². The second-order valence-electron chi connectivity index (χ2n) is 7.91. The fourth-order valence-electron chi connectivity index (χ4n) is 4.27. The molecular formula is C23H28N4O. The van der Waals surface area contributed by atoms with Crippen molar-refractivity contribution in [3.63, 3.8) is 0 Å². The predicted molar refractivity (Wildman–Crippen MR) is 112 cm³/mol. The molecule has 0 spiro atoms. The molecular weight excluding hydrogens is 348 g/mol. The number of nitrogens with zero attached hydrogens (tertiary/aromatic N) is 4. The molecule has 1 aliphatic rings. The summed E-state index contributed by atoms with van der Waals surface area (Å²) in [6.45, 7) is 3.69. The van der Waals surface area contributed by atoms with Gasteiger partial charge in [0.1, 0.15) is 5.69 Å². The van der Waals surface area contributed by atoms with Gasteiger partial charge in [-0.15, -0.1) is 0 Å². The second kappa shape index (κ2) is 8.15. The van der Waals surface area contributed by atoms with Crippen molar-refractivity contribution in [1.82, 2.24) is 19.6 Å². The zero-order valence-electron chi connectivity index (χ0n) is 16.7. The summed E-state index contributed by atoms with van der Waals surface area (Å²) in [4.78, 5) is 17.5.